The number of carbonyl (C=O) groups is 1. The summed E-state index contributed by atoms with van der Waals surface area (Å²) in [7, 11) is 0. The van der Waals surface area contributed by atoms with Crippen molar-refractivity contribution in [2.24, 2.45) is 0 Å². The van der Waals surface area contributed by atoms with Crippen molar-refractivity contribution in [2.75, 3.05) is 30.7 Å². The Labute approximate surface area is 125 Å². The van der Waals surface area contributed by atoms with E-state index < -0.39 is 0 Å². The van der Waals surface area contributed by atoms with E-state index in [9.17, 15) is 4.79 Å². The SMILES string of the molecule is CCNC(=O)c1ccc(N)c(NC2CCN3CCCC23)c1. The molecule has 2 atom stereocenters. The van der Waals surface area contributed by atoms with E-state index in [4.69, 9.17) is 5.73 Å². The molecule has 5 nitrogen and oxygen atoms in total. The molecule has 1 aromatic rings. The molecule has 0 spiro atoms. The fourth-order valence-corrected chi connectivity index (χ4v) is 3.54. The Morgan fingerprint density at radius 2 is 2.24 bits per heavy atom. The predicted octanol–water partition coefficient (Wildman–Crippen LogP) is 1.67. The Morgan fingerprint density at radius 1 is 1.38 bits per heavy atom. The van der Waals surface area contributed by atoms with Crippen LogP contribution in [0.3, 0.4) is 0 Å². The highest BCUT2D eigenvalue weighted by atomic mass is 16.1. The second kappa shape index (κ2) is 5.93. The third kappa shape index (κ3) is 2.83. The van der Waals surface area contributed by atoms with E-state index in [1.54, 1.807) is 6.07 Å². The normalized spacial score (nSPS) is 24.8. The van der Waals surface area contributed by atoms with Gasteiger partial charge in [-0.3, -0.25) is 9.69 Å². The molecule has 4 N–H and O–H groups in total. The zero-order chi connectivity index (χ0) is 14.8. The summed E-state index contributed by atoms with van der Waals surface area (Å²) in [5.41, 5.74) is 8.33. The van der Waals surface area contributed by atoms with Crippen molar-refractivity contribution in [3.8, 4) is 0 Å². The van der Waals surface area contributed by atoms with Gasteiger partial charge in [0.2, 0.25) is 0 Å². The average molecular weight is 288 g/mol. The van der Waals surface area contributed by atoms with Crippen LogP contribution in [0.4, 0.5) is 11.4 Å². The molecule has 0 radical (unpaired) electrons. The van der Waals surface area contributed by atoms with E-state index in [-0.39, 0.29) is 5.91 Å². The molecule has 114 valence electrons. The van der Waals surface area contributed by atoms with Crippen molar-refractivity contribution in [2.45, 2.75) is 38.3 Å². The van der Waals surface area contributed by atoms with Crippen molar-refractivity contribution in [1.29, 1.82) is 0 Å². The Balaban J connectivity index is 1.75. The Bertz CT molecular complexity index is 531. The maximum atomic E-state index is 11.9. The average Bonchev–Trinajstić information content (AvgIpc) is 3.06. The molecule has 2 aliphatic rings. The third-order valence-corrected chi connectivity index (χ3v) is 4.60. The van der Waals surface area contributed by atoms with Gasteiger partial charge in [0.05, 0.1) is 11.4 Å². The van der Waals surface area contributed by atoms with Crippen LogP contribution in [-0.4, -0.2) is 42.5 Å². The highest BCUT2D eigenvalue weighted by Crippen LogP contribution is 2.31. The highest BCUT2D eigenvalue weighted by Gasteiger charge is 2.37. The van der Waals surface area contributed by atoms with Gasteiger partial charge in [-0.25, -0.2) is 0 Å². The van der Waals surface area contributed by atoms with Crippen LogP contribution < -0.4 is 16.4 Å². The first-order chi connectivity index (χ1) is 10.2. The zero-order valence-corrected chi connectivity index (χ0v) is 12.6. The Morgan fingerprint density at radius 3 is 3.05 bits per heavy atom. The summed E-state index contributed by atoms with van der Waals surface area (Å²) in [6.07, 6.45) is 3.69. The molecule has 21 heavy (non-hydrogen) atoms. The third-order valence-electron chi connectivity index (χ3n) is 4.60. The summed E-state index contributed by atoms with van der Waals surface area (Å²) in [5.74, 6) is -0.0468. The minimum Gasteiger partial charge on any atom is -0.397 e. The van der Waals surface area contributed by atoms with Crippen LogP contribution in [0.1, 0.15) is 36.5 Å². The number of hydrogen-bond donors (Lipinski definition) is 3. The molecule has 1 amide bonds. The fourth-order valence-electron chi connectivity index (χ4n) is 3.54. The number of nitrogens with zero attached hydrogens (tertiary/aromatic N) is 1. The van der Waals surface area contributed by atoms with Gasteiger partial charge in [-0.1, -0.05) is 0 Å². The lowest BCUT2D eigenvalue weighted by Gasteiger charge is -2.23. The quantitative estimate of drug-likeness (QED) is 0.737. The van der Waals surface area contributed by atoms with Gasteiger partial charge < -0.3 is 16.4 Å². The molecule has 2 heterocycles. The molecule has 2 fully saturated rings. The number of nitrogens with one attached hydrogen (secondary N) is 2. The van der Waals surface area contributed by atoms with Gasteiger partial charge in [-0.2, -0.15) is 0 Å². The molecule has 0 saturated carbocycles. The Kier molecular flexibility index (Phi) is 4.01. The van der Waals surface area contributed by atoms with Crippen molar-refractivity contribution in [3.63, 3.8) is 0 Å². The second-order valence-electron chi connectivity index (χ2n) is 5.95. The largest absolute Gasteiger partial charge is 0.397 e. The van der Waals surface area contributed by atoms with E-state index in [0.717, 1.165) is 18.7 Å². The second-order valence-corrected chi connectivity index (χ2v) is 5.95. The van der Waals surface area contributed by atoms with Crippen LogP contribution in [0.2, 0.25) is 0 Å². The maximum Gasteiger partial charge on any atom is 0.251 e. The Hall–Kier alpha value is -1.75. The van der Waals surface area contributed by atoms with Gasteiger partial charge in [-0.15, -0.1) is 0 Å². The highest BCUT2D eigenvalue weighted by molar-refractivity contribution is 5.96. The smallest absolute Gasteiger partial charge is 0.251 e. The molecule has 0 aromatic heterocycles. The van der Waals surface area contributed by atoms with Crippen LogP contribution in [-0.2, 0) is 0 Å². The lowest BCUT2D eigenvalue weighted by Crippen LogP contribution is -2.34. The van der Waals surface area contributed by atoms with Gasteiger partial charge in [0, 0.05) is 30.7 Å². The van der Waals surface area contributed by atoms with E-state index in [1.165, 1.54) is 19.4 Å². The number of hydrogen-bond acceptors (Lipinski definition) is 4. The molecule has 3 rings (SSSR count). The number of nitrogens with two attached hydrogens (primary N) is 1. The van der Waals surface area contributed by atoms with Crippen LogP contribution in [0.25, 0.3) is 0 Å². The molecule has 1 aromatic carbocycles. The lowest BCUT2D eigenvalue weighted by atomic mass is 10.1. The van der Waals surface area contributed by atoms with Crippen molar-refractivity contribution >= 4 is 17.3 Å². The van der Waals surface area contributed by atoms with Crippen molar-refractivity contribution < 1.29 is 4.79 Å². The van der Waals surface area contributed by atoms with Crippen LogP contribution in [0.15, 0.2) is 18.2 Å². The number of benzene rings is 1. The number of nitrogen functional groups attached to an aromatic ring is 1. The number of anilines is 2. The van der Waals surface area contributed by atoms with Crippen molar-refractivity contribution in [3.05, 3.63) is 23.8 Å². The summed E-state index contributed by atoms with van der Waals surface area (Å²) >= 11 is 0. The van der Waals surface area contributed by atoms with Gasteiger partial charge in [0.15, 0.2) is 0 Å². The molecule has 0 bridgehead atoms. The zero-order valence-electron chi connectivity index (χ0n) is 12.6. The molecule has 2 saturated heterocycles. The van der Waals surface area contributed by atoms with E-state index in [0.29, 0.717) is 29.9 Å². The molecule has 5 heteroatoms. The first-order valence-corrected chi connectivity index (χ1v) is 7.87. The number of amides is 1. The van der Waals surface area contributed by atoms with Gasteiger partial charge >= 0.3 is 0 Å². The number of carbonyl (C=O) groups excluding carboxylic acids is 1. The lowest BCUT2D eigenvalue weighted by molar-refractivity contribution is 0.0956. The van der Waals surface area contributed by atoms with Gasteiger partial charge in [-0.05, 0) is 50.9 Å². The molecule has 2 unspecified atom stereocenters. The molecular weight excluding hydrogens is 264 g/mol. The molecule has 2 aliphatic heterocycles. The standard InChI is InChI=1S/C16H24N4O/c1-2-18-16(21)11-5-6-12(17)14(10-11)19-13-7-9-20-8-3-4-15(13)20/h5-6,10,13,15,19H,2-4,7-9,17H2,1H3,(H,18,21). The van der Waals surface area contributed by atoms with E-state index in [2.05, 4.69) is 15.5 Å². The monoisotopic (exact) mass is 288 g/mol. The van der Waals surface area contributed by atoms with E-state index in [1.807, 2.05) is 19.1 Å². The summed E-state index contributed by atoms with van der Waals surface area (Å²) in [6, 6.07) is 6.53. The first-order valence-electron chi connectivity index (χ1n) is 7.87. The minimum absolute atomic E-state index is 0.0468. The maximum absolute atomic E-state index is 11.9. The summed E-state index contributed by atoms with van der Waals surface area (Å²) in [5, 5.41) is 6.39. The summed E-state index contributed by atoms with van der Waals surface area (Å²) in [6.45, 7) is 4.93. The van der Waals surface area contributed by atoms with E-state index >= 15 is 0 Å². The van der Waals surface area contributed by atoms with Crippen molar-refractivity contribution in [1.82, 2.24) is 10.2 Å². The summed E-state index contributed by atoms with van der Waals surface area (Å²) < 4.78 is 0. The molecule has 0 aliphatic carbocycles. The van der Waals surface area contributed by atoms with Gasteiger partial charge in [0.25, 0.3) is 5.91 Å². The molecular formula is C16H24N4O. The number of fused-ring (bicyclic) bond motifs is 1. The number of rotatable bonds is 4. The van der Waals surface area contributed by atoms with Crippen LogP contribution in [0.5, 0.6) is 0 Å². The minimum atomic E-state index is -0.0468. The van der Waals surface area contributed by atoms with Crippen LogP contribution >= 0.6 is 0 Å². The fraction of sp³-hybridized carbons (Fsp3) is 0.562. The van der Waals surface area contributed by atoms with Gasteiger partial charge in [0.1, 0.15) is 0 Å². The predicted molar refractivity (Wildman–Crippen MR) is 85.5 cm³/mol. The first kappa shape index (κ1) is 14.2. The topological polar surface area (TPSA) is 70.4 Å². The van der Waals surface area contributed by atoms with Crippen LogP contribution in [0, 0.1) is 0 Å². The summed E-state index contributed by atoms with van der Waals surface area (Å²) in [4.78, 5) is 14.5.